The second-order valence-corrected chi connectivity index (χ2v) is 17.2. The number of fused-ring (bicyclic) bond motifs is 6. The summed E-state index contributed by atoms with van der Waals surface area (Å²) in [7, 11) is 0. The third kappa shape index (κ3) is 5.16. The molecule has 8 aromatic rings. The van der Waals surface area contributed by atoms with Crippen LogP contribution >= 0.6 is 0 Å². The molecule has 0 aliphatic carbocycles. The minimum absolute atomic E-state index is 0.0523. The van der Waals surface area contributed by atoms with Gasteiger partial charge in [-0.3, -0.25) is 0 Å². The molecule has 0 unspecified atom stereocenters. The van der Waals surface area contributed by atoms with Crippen molar-refractivity contribution in [2.24, 2.45) is 0 Å². The van der Waals surface area contributed by atoms with Crippen LogP contribution in [0.4, 0.5) is 0 Å². The third-order valence-electron chi connectivity index (χ3n) is 10.5. The van der Waals surface area contributed by atoms with Gasteiger partial charge in [0.25, 0.3) is 0 Å². The first kappa shape index (κ1) is 32.1. The summed E-state index contributed by atoms with van der Waals surface area (Å²) in [5, 5.41) is 5.19. The van der Waals surface area contributed by atoms with Crippen LogP contribution in [0, 0.1) is 0 Å². The maximum Gasteiger partial charge on any atom is 0.0599 e. The Balaban J connectivity index is 1.48. The molecule has 0 fully saturated rings. The SMILES string of the molecule is CC(C)(C)c1ccc2c(c1)c1cc(C(C)(C)C)ccc1n2-c1ccc2c3ccccc3n(-c3ccc(-c4ccccc4)cc3)c2c1C(C)(C)C. The first-order valence-corrected chi connectivity index (χ1v) is 18.0. The Hall–Kier alpha value is -5.08. The van der Waals surface area contributed by atoms with Gasteiger partial charge < -0.3 is 9.13 Å². The molecule has 0 spiro atoms. The minimum Gasteiger partial charge on any atom is -0.309 e. The van der Waals surface area contributed by atoms with Gasteiger partial charge in [0.05, 0.1) is 27.8 Å². The van der Waals surface area contributed by atoms with Crippen LogP contribution in [0.25, 0.3) is 66.1 Å². The van der Waals surface area contributed by atoms with Gasteiger partial charge in [0.2, 0.25) is 0 Å². The van der Waals surface area contributed by atoms with Crippen molar-refractivity contribution in [3.63, 3.8) is 0 Å². The molecule has 0 bridgehead atoms. The van der Waals surface area contributed by atoms with Gasteiger partial charge in [-0.2, -0.15) is 0 Å². The van der Waals surface area contributed by atoms with Crippen molar-refractivity contribution in [1.82, 2.24) is 9.13 Å². The molecule has 2 nitrogen and oxygen atoms in total. The molecule has 2 aromatic heterocycles. The summed E-state index contributed by atoms with van der Waals surface area (Å²) in [6, 6.07) is 47.7. The predicted octanol–water partition coefficient (Wildman–Crippen LogP) is 13.4. The Labute approximate surface area is 297 Å². The molecule has 0 amide bonds. The highest BCUT2D eigenvalue weighted by molar-refractivity contribution is 6.13. The lowest BCUT2D eigenvalue weighted by Crippen LogP contribution is -2.17. The van der Waals surface area contributed by atoms with Gasteiger partial charge in [-0.05, 0) is 87.0 Å². The van der Waals surface area contributed by atoms with Gasteiger partial charge in [-0.15, -0.1) is 0 Å². The van der Waals surface area contributed by atoms with E-state index in [9.17, 15) is 0 Å². The maximum atomic E-state index is 2.55. The van der Waals surface area contributed by atoms with Crippen molar-refractivity contribution in [3.05, 3.63) is 144 Å². The summed E-state index contributed by atoms with van der Waals surface area (Å²) in [6.07, 6.45) is 0. The Morgan fingerprint density at radius 3 is 1.46 bits per heavy atom. The Morgan fingerprint density at radius 2 is 0.900 bits per heavy atom. The van der Waals surface area contributed by atoms with Gasteiger partial charge in [0, 0.05) is 32.8 Å². The van der Waals surface area contributed by atoms with Crippen molar-refractivity contribution >= 4 is 43.6 Å². The van der Waals surface area contributed by atoms with Crippen LogP contribution in [0.2, 0.25) is 0 Å². The second kappa shape index (κ2) is 11.2. The monoisotopic (exact) mass is 652 g/mol. The van der Waals surface area contributed by atoms with Crippen molar-refractivity contribution in [2.75, 3.05) is 0 Å². The topological polar surface area (TPSA) is 9.86 Å². The van der Waals surface area contributed by atoms with E-state index in [1.807, 2.05) is 0 Å². The molecular weight excluding hydrogens is 605 g/mol. The van der Waals surface area contributed by atoms with E-state index in [4.69, 9.17) is 0 Å². The average molecular weight is 653 g/mol. The molecule has 0 saturated heterocycles. The molecule has 2 heteroatoms. The third-order valence-corrected chi connectivity index (χ3v) is 10.5. The van der Waals surface area contributed by atoms with Crippen LogP contribution in [-0.2, 0) is 16.2 Å². The number of nitrogens with zero attached hydrogens (tertiary/aromatic N) is 2. The van der Waals surface area contributed by atoms with Crippen LogP contribution in [-0.4, -0.2) is 9.13 Å². The normalized spacial score (nSPS) is 12.9. The number of aromatic nitrogens is 2. The number of rotatable bonds is 3. The van der Waals surface area contributed by atoms with Crippen LogP contribution in [0.5, 0.6) is 0 Å². The fourth-order valence-electron chi connectivity index (χ4n) is 7.89. The number of para-hydroxylation sites is 1. The van der Waals surface area contributed by atoms with E-state index in [0.717, 1.165) is 0 Å². The first-order valence-electron chi connectivity index (χ1n) is 18.0. The number of benzene rings is 6. The van der Waals surface area contributed by atoms with Crippen molar-refractivity contribution in [3.8, 4) is 22.5 Å². The highest BCUT2D eigenvalue weighted by atomic mass is 15.0. The Morgan fingerprint density at radius 1 is 0.380 bits per heavy atom. The summed E-state index contributed by atoms with van der Waals surface area (Å²) >= 11 is 0. The molecule has 0 aliphatic heterocycles. The Bertz CT molecular complexity index is 2480. The molecule has 0 N–H and O–H groups in total. The zero-order valence-electron chi connectivity index (χ0n) is 31.0. The molecule has 2 heterocycles. The fourth-order valence-corrected chi connectivity index (χ4v) is 7.89. The standard InChI is InChI=1S/C48H48N2/c1-46(2,3)33-21-26-41-38(29-33)39-30-34(47(4,5)6)22-27-42(39)50(41)43-28-25-37-36-17-13-14-18-40(36)49(45(37)44(43)48(7,8)9)35-23-19-32(20-24-35)31-15-11-10-12-16-31/h10-30H,1-9H3. The highest BCUT2D eigenvalue weighted by Gasteiger charge is 2.29. The van der Waals surface area contributed by atoms with Gasteiger partial charge in [0.1, 0.15) is 0 Å². The summed E-state index contributed by atoms with van der Waals surface area (Å²) in [5.74, 6) is 0. The van der Waals surface area contributed by atoms with Crippen molar-refractivity contribution in [2.45, 2.75) is 78.6 Å². The molecule has 0 atom stereocenters. The van der Waals surface area contributed by atoms with Crippen molar-refractivity contribution in [1.29, 1.82) is 0 Å². The lowest BCUT2D eigenvalue weighted by atomic mass is 9.83. The smallest absolute Gasteiger partial charge is 0.0599 e. The molecule has 6 aromatic carbocycles. The quantitative estimate of drug-likeness (QED) is 0.180. The number of hydrogen-bond acceptors (Lipinski definition) is 0. The molecule has 0 radical (unpaired) electrons. The van der Waals surface area contributed by atoms with Crippen LogP contribution in [0.15, 0.2) is 127 Å². The molecule has 0 aliphatic rings. The van der Waals surface area contributed by atoms with Gasteiger partial charge in [0.15, 0.2) is 0 Å². The van der Waals surface area contributed by atoms with E-state index in [1.165, 1.54) is 82.8 Å². The highest BCUT2D eigenvalue weighted by Crippen LogP contribution is 2.45. The van der Waals surface area contributed by atoms with Gasteiger partial charge in [-0.1, -0.05) is 141 Å². The van der Waals surface area contributed by atoms with E-state index in [2.05, 4.69) is 199 Å². The largest absolute Gasteiger partial charge is 0.309 e. The summed E-state index contributed by atoms with van der Waals surface area (Å²) in [6.45, 7) is 21.0. The van der Waals surface area contributed by atoms with E-state index in [1.54, 1.807) is 0 Å². The van der Waals surface area contributed by atoms with Crippen LogP contribution in [0.1, 0.15) is 79.0 Å². The maximum absolute atomic E-state index is 2.55. The summed E-state index contributed by atoms with van der Waals surface area (Å²) in [5.41, 5.74) is 13.9. The van der Waals surface area contributed by atoms with Crippen LogP contribution in [0.3, 0.4) is 0 Å². The molecule has 250 valence electrons. The second-order valence-electron chi connectivity index (χ2n) is 17.2. The fraction of sp³-hybridized carbons (Fsp3) is 0.250. The van der Waals surface area contributed by atoms with E-state index < -0.39 is 0 Å². The van der Waals surface area contributed by atoms with Crippen molar-refractivity contribution < 1.29 is 0 Å². The number of hydrogen-bond donors (Lipinski definition) is 0. The van der Waals surface area contributed by atoms with E-state index in [-0.39, 0.29) is 16.2 Å². The summed E-state index contributed by atoms with van der Waals surface area (Å²) < 4.78 is 5.05. The molecule has 0 saturated carbocycles. The van der Waals surface area contributed by atoms with Gasteiger partial charge in [-0.25, -0.2) is 0 Å². The molecule has 8 rings (SSSR count). The zero-order valence-corrected chi connectivity index (χ0v) is 31.0. The lowest BCUT2D eigenvalue weighted by molar-refractivity contribution is 0.590. The predicted molar refractivity (Wildman–Crippen MR) is 217 cm³/mol. The van der Waals surface area contributed by atoms with E-state index >= 15 is 0 Å². The summed E-state index contributed by atoms with van der Waals surface area (Å²) in [4.78, 5) is 0. The molecular formula is C48H48N2. The first-order chi connectivity index (χ1) is 23.7. The minimum atomic E-state index is -0.162. The molecule has 50 heavy (non-hydrogen) atoms. The van der Waals surface area contributed by atoms with Crippen LogP contribution < -0.4 is 0 Å². The Kier molecular flexibility index (Phi) is 7.21. The average Bonchev–Trinajstić information content (AvgIpc) is 3.59. The van der Waals surface area contributed by atoms with Gasteiger partial charge >= 0.3 is 0 Å². The van der Waals surface area contributed by atoms with E-state index in [0.29, 0.717) is 0 Å². The lowest BCUT2D eigenvalue weighted by Gasteiger charge is -2.27. The zero-order chi connectivity index (χ0) is 35.2.